The van der Waals surface area contributed by atoms with Crippen LogP contribution >= 0.6 is 15.6 Å². The summed E-state index contributed by atoms with van der Waals surface area (Å²) in [7, 11) is -9.98. The van der Waals surface area contributed by atoms with Gasteiger partial charge in [0, 0.05) is 25.7 Å². The summed E-state index contributed by atoms with van der Waals surface area (Å²) in [4.78, 5) is 73.1. The first-order chi connectivity index (χ1) is 50.7. The molecule has 0 aromatic carbocycles. The number of carbonyl (C=O) groups excluding carboxylic acids is 4. The molecule has 19 heteroatoms. The minimum Gasteiger partial charge on any atom is -0.462 e. The molecule has 0 rings (SSSR count). The molecule has 0 aromatic heterocycles. The first-order valence-corrected chi connectivity index (χ1v) is 43.8. The van der Waals surface area contributed by atoms with Crippen LogP contribution in [0.5, 0.6) is 0 Å². The average molecular weight is 1500 g/mol. The molecule has 0 aromatic rings. The number of phosphoric ester groups is 2. The van der Waals surface area contributed by atoms with Crippen molar-refractivity contribution in [3.8, 4) is 0 Å². The lowest BCUT2D eigenvalue weighted by Crippen LogP contribution is -2.30. The Bertz CT molecular complexity index is 2440. The SMILES string of the molecule is CCC=CCC=CCC=CCC=CCC=CCCCCCC(=O)OC[C@H](COP(=O)(O)OCC(O)COP(=O)(O)OC[C@@H](COC(=O)CCCCCCCC=CCC=CCCCCC)OC(=O)CCCCCCCCCC=CCCCCCC)OC(=O)CCCCCCCC=CCC=CCCCCC. The van der Waals surface area contributed by atoms with Crippen LogP contribution in [0.1, 0.15) is 336 Å². The standard InChI is InChI=1S/C85H146O17P2/c1-5-9-13-17-21-25-29-33-37-38-39-40-44-46-50-54-58-62-66-70-83(88)96-76-81(102-85(90)72-68-64-60-56-52-48-43-36-32-28-24-20-16-12-8-4)78-100-104(93,94)98-74-79(86)73-97-103(91,92)99-77-80(101-84(89)71-67-63-59-55-51-47-42-35-31-27-23-19-15-11-7-3)75-95-82(87)69-65-61-57-53-49-45-41-34-30-26-22-18-14-10-6-2/h9,13,21-22,24-28,31,33-34,36-37,39-41,43,46,50,79-81,86H,5-8,10-12,14-20,23,29-30,32,35,38,42,44-45,47-49,51-78H2,1-4H3,(H,91,92)(H,93,94)/t79?,80-,81-/m1/s1. The molecule has 0 bridgehead atoms. The van der Waals surface area contributed by atoms with E-state index in [0.717, 1.165) is 193 Å². The second-order valence-electron chi connectivity index (χ2n) is 27.0. The number of hydrogen-bond acceptors (Lipinski definition) is 15. The van der Waals surface area contributed by atoms with Gasteiger partial charge in [0.1, 0.15) is 19.3 Å². The lowest BCUT2D eigenvalue weighted by Gasteiger charge is -2.21. The van der Waals surface area contributed by atoms with E-state index in [1.165, 1.54) is 64.2 Å². The van der Waals surface area contributed by atoms with E-state index in [1.54, 1.807) is 0 Å². The molecule has 0 aliphatic heterocycles. The zero-order valence-electron chi connectivity index (χ0n) is 65.4. The fourth-order valence-corrected chi connectivity index (χ4v) is 12.2. The third-order valence-corrected chi connectivity index (χ3v) is 18.8. The van der Waals surface area contributed by atoms with Crippen molar-refractivity contribution >= 4 is 39.5 Å². The van der Waals surface area contributed by atoms with Crippen LogP contribution in [0.4, 0.5) is 0 Å². The molecule has 0 amide bonds. The Morgan fingerprint density at radius 2 is 0.500 bits per heavy atom. The molecule has 0 spiro atoms. The number of ether oxygens (including phenoxy) is 4. The number of hydrogen-bond donors (Lipinski definition) is 3. The predicted molar refractivity (Wildman–Crippen MR) is 427 cm³/mol. The van der Waals surface area contributed by atoms with Crippen molar-refractivity contribution in [2.75, 3.05) is 39.6 Å². The fourth-order valence-electron chi connectivity index (χ4n) is 10.7. The molecule has 0 heterocycles. The van der Waals surface area contributed by atoms with Gasteiger partial charge in [-0.25, -0.2) is 9.13 Å². The first-order valence-electron chi connectivity index (χ1n) is 40.8. The molecule has 104 heavy (non-hydrogen) atoms. The molecule has 0 aliphatic carbocycles. The zero-order chi connectivity index (χ0) is 76.0. The van der Waals surface area contributed by atoms with Crippen molar-refractivity contribution in [2.24, 2.45) is 0 Å². The van der Waals surface area contributed by atoms with E-state index in [4.69, 9.17) is 37.0 Å². The van der Waals surface area contributed by atoms with Crippen molar-refractivity contribution < 1.29 is 80.2 Å². The van der Waals surface area contributed by atoms with Crippen molar-refractivity contribution in [3.63, 3.8) is 0 Å². The molecule has 0 saturated heterocycles. The summed E-state index contributed by atoms with van der Waals surface area (Å²) in [6.45, 7) is 4.65. The van der Waals surface area contributed by atoms with Crippen molar-refractivity contribution in [3.05, 3.63) is 122 Å². The molecule has 3 N–H and O–H groups in total. The molecule has 0 radical (unpaired) electrons. The molecular weight excluding hydrogens is 1350 g/mol. The number of unbranched alkanes of at least 4 members (excludes halogenated alkanes) is 30. The molecule has 5 atom stereocenters. The Hall–Kier alpha value is -4.54. The largest absolute Gasteiger partial charge is 0.472 e. The number of aliphatic hydroxyl groups excluding tert-OH is 1. The first kappa shape index (κ1) is 99.5. The van der Waals surface area contributed by atoms with Gasteiger partial charge < -0.3 is 33.8 Å². The predicted octanol–water partition coefficient (Wildman–Crippen LogP) is 23.9. The molecule has 0 fully saturated rings. The summed E-state index contributed by atoms with van der Waals surface area (Å²) in [5.41, 5.74) is 0. The third kappa shape index (κ3) is 75.7. The number of phosphoric acid groups is 2. The van der Waals surface area contributed by atoms with Crippen LogP contribution in [0.2, 0.25) is 0 Å². The maximum absolute atomic E-state index is 13.1. The van der Waals surface area contributed by atoms with E-state index in [1.807, 2.05) is 0 Å². The highest BCUT2D eigenvalue weighted by atomic mass is 31.2. The van der Waals surface area contributed by atoms with Crippen LogP contribution in [0, 0.1) is 0 Å². The van der Waals surface area contributed by atoms with Gasteiger partial charge in [0.15, 0.2) is 12.2 Å². The maximum Gasteiger partial charge on any atom is 0.472 e. The van der Waals surface area contributed by atoms with Crippen molar-refractivity contribution in [1.82, 2.24) is 0 Å². The Morgan fingerprint density at radius 3 is 0.808 bits per heavy atom. The summed E-state index contributed by atoms with van der Waals surface area (Å²) >= 11 is 0. The van der Waals surface area contributed by atoms with Crippen molar-refractivity contribution in [1.29, 1.82) is 0 Å². The van der Waals surface area contributed by atoms with Gasteiger partial charge in [0.25, 0.3) is 0 Å². The number of rotatable bonds is 76. The number of aliphatic hydroxyl groups is 1. The number of carbonyl (C=O) groups is 4. The van der Waals surface area contributed by atoms with Crippen LogP contribution in [-0.4, -0.2) is 96.7 Å². The smallest absolute Gasteiger partial charge is 0.462 e. The second-order valence-corrected chi connectivity index (χ2v) is 29.9. The summed E-state index contributed by atoms with van der Waals surface area (Å²) in [6, 6.07) is 0. The van der Waals surface area contributed by atoms with E-state index < -0.39 is 97.5 Å². The van der Waals surface area contributed by atoms with E-state index in [9.17, 15) is 43.2 Å². The Kier molecular flexibility index (Phi) is 73.3. The van der Waals surface area contributed by atoms with E-state index in [0.29, 0.717) is 25.7 Å². The van der Waals surface area contributed by atoms with Gasteiger partial charge in [-0.15, -0.1) is 0 Å². The van der Waals surface area contributed by atoms with Crippen LogP contribution in [0.25, 0.3) is 0 Å². The van der Waals surface area contributed by atoms with Gasteiger partial charge in [0.05, 0.1) is 26.4 Å². The molecule has 0 aliphatic rings. The quantitative estimate of drug-likeness (QED) is 0.0169. The van der Waals surface area contributed by atoms with Gasteiger partial charge in [-0.3, -0.25) is 37.3 Å². The second kappa shape index (κ2) is 76.6. The van der Waals surface area contributed by atoms with Gasteiger partial charge in [-0.2, -0.15) is 0 Å². The van der Waals surface area contributed by atoms with E-state index in [-0.39, 0.29) is 25.7 Å². The van der Waals surface area contributed by atoms with Gasteiger partial charge in [-0.1, -0.05) is 271 Å². The highest BCUT2D eigenvalue weighted by Crippen LogP contribution is 2.45. The van der Waals surface area contributed by atoms with Crippen LogP contribution in [-0.2, 0) is 65.4 Å². The summed E-state index contributed by atoms with van der Waals surface area (Å²) in [5.74, 6) is -2.24. The van der Waals surface area contributed by atoms with E-state index >= 15 is 0 Å². The van der Waals surface area contributed by atoms with Crippen LogP contribution in [0.15, 0.2) is 122 Å². The van der Waals surface area contributed by atoms with Gasteiger partial charge >= 0.3 is 39.5 Å². The highest BCUT2D eigenvalue weighted by molar-refractivity contribution is 7.47. The monoisotopic (exact) mass is 1500 g/mol. The molecular formula is C85H146O17P2. The summed E-state index contributed by atoms with van der Waals surface area (Å²) in [5, 5.41) is 10.6. The highest BCUT2D eigenvalue weighted by Gasteiger charge is 2.30. The van der Waals surface area contributed by atoms with Crippen molar-refractivity contribution in [2.45, 2.75) is 354 Å². The summed E-state index contributed by atoms with van der Waals surface area (Å²) in [6.07, 6.45) is 84.5. The lowest BCUT2D eigenvalue weighted by atomic mass is 10.1. The van der Waals surface area contributed by atoms with Gasteiger partial charge in [-0.05, 0) is 161 Å². The van der Waals surface area contributed by atoms with Crippen LogP contribution in [0.3, 0.4) is 0 Å². The molecule has 3 unspecified atom stereocenters. The Balaban J connectivity index is 5.41. The normalized spacial score (nSPS) is 14.5. The lowest BCUT2D eigenvalue weighted by molar-refractivity contribution is -0.161. The zero-order valence-corrected chi connectivity index (χ0v) is 67.2. The molecule has 0 saturated carbocycles. The Morgan fingerprint density at radius 1 is 0.279 bits per heavy atom. The Labute approximate surface area is 632 Å². The topological polar surface area (TPSA) is 237 Å². The minimum atomic E-state index is -4.99. The maximum atomic E-state index is 13.1. The molecule has 598 valence electrons. The van der Waals surface area contributed by atoms with Gasteiger partial charge in [0.2, 0.25) is 0 Å². The number of esters is 4. The van der Waals surface area contributed by atoms with Crippen LogP contribution < -0.4 is 0 Å². The average Bonchev–Trinajstić information content (AvgIpc) is 0.918. The fraction of sp³-hybridized carbons (Fsp3) is 0.718. The third-order valence-electron chi connectivity index (χ3n) is 16.9. The molecule has 17 nitrogen and oxygen atoms in total. The summed E-state index contributed by atoms with van der Waals surface area (Å²) < 4.78 is 68.6. The number of allylic oxidation sites excluding steroid dienone is 20. The minimum absolute atomic E-state index is 0.0690. The van der Waals surface area contributed by atoms with E-state index in [2.05, 4.69) is 149 Å².